The van der Waals surface area contributed by atoms with Gasteiger partial charge in [-0.05, 0) is 11.6 Å². The summed E-state index contributed by atoms with van der Waals surface area (Å²) in [6.45, 7) is 1.66. The number of aliphatic carboxylic acids is 1. The highest BCUT2D eigenvalue weighted by molar-refractivity contribution is 7.99. The minimum absolute atomic E-state index is 0.547. The average molecular weight is 238 g/mol. The molecule has 0 aromatic carbocycles. The Morgan fingerprint density at radius 1 is 1.50 bits per heavy atom. The third-order valence-corrected chi connectivity index (χ3v) is 3.59. The first-order chi connectivity index (χ1) is 7.79. The lowest BCUT2D eigenvalue weighted by Crippen LogP contribution is -2.39. The van der Waals surface area contributed by atoms with Gasteiger partial charge < -0.3 is 5.11 Å². The second kappa shape index (κ2) is 5.32. The molecule has 2 rings (SSSR count). The smallest absolute Gasteiger partial charge is 0.325 e. The number of aromatic nitrogens is 1. The van der Waals surface area contributed by atoms with E-state index in [1.54, 1.807) is 18.5 Å². The number of carbonyl (C=O) groups is 1. The third kappa shape index (κ3) is 2.54. The molecule has 1 aliphatic rings. The van der Waals surface area contributed by atoms with Gasteiger partial charge in [0, 0.05) is 37.0 Å². The summed E-state index contributed by atoms with van der Waals surface area (Å²) >= 11 is 1.87. The van der Waals surface area contributed by atoms with Crippen molar-refractivity contribution in [2.24, 2.45) is 0 Å². The van der Waals surface area contributed by atoms with E-state index in [0.717, 1.165) is 30.2 Å². The van der Waals surface area contributed by atoms with Crippen LogP contribution in [0.25, 0.3) is 0 Å². The van der Waals surface area contributed by atoms with Crippen LogP contribution < -0.4 is 0 Å². The van der Waals surface area contributed by atoms with Crippen LogP contribution in [0.5, 0.6) is 0 Å². The van der Waals surface area contributed by atoms with E-state index < -0.39 is 12.0 Å². The Balaban J connectivity index is 2.20. The Kier molecular flexibility index (Phi) is 3.79. The summed E-state index contributed by atoms with van der Waals surface area (Å²) in [5.74, 6) is 1.22. The lowest BCUT2D eigenvalue weighted by molar-refractivity contribution is -0.143. The molecule has 0 bridgehead atoms. The van der Waals surface area contributed by atoms with Crippen LogP contribution in [0.2, 0.25) is 0 Å². The van der Waals surface area contributed by atoms with Gasteiger partial charge in [-0.15, -0.1) is 0 Å². The Hall–Kier alpha value is -1.07. The summed E-state index contributed by atoms with van der Waals surface area (Å²) in [4.78, 5) is 17.3. The minimum atomic E-state index is -0.792. The van der Waals surface area contributed by atoms with Crippen LogP contribution in [0.4, 0.5) is 0 Å². The predicted molar refractivity (Wildman–Crippen MR) is 63.5 cm³/mol. The third-order valence-electron chi connectivity index (χ3n) is 2.64. The summed E-state index contributed by atoms with van der Waals surface area (Å²) in [6, 6.07) is 3.06. The van der Waals surface area contributed by atoms with Crippen LogP contribution in [0.15, 0.2) is 24.5 Å². The van der Waals surface area contributed by atoms with Gasteiger partial charge in [0.05, 0.1) is 0 Å². The number of hydrogen-bond donors (Lipinski definition) is 1. The zero-order chi connectivity index (χ0) is 11.4. The number of rotatable bonds is 3. The maximum Gasteiger partial charge on any atom is 0.325 e. The van der Waals surface area contributed by atoms with Gasteiger partial charge in [-0.1, -0.05) is 6.07 Å². The largest absolute Gasteiger partial charge is 0.480 e. The molecule has 1 saturated heterocycles. The summed E-state index contributed by atoms with van der Waals surface area (Å²) in [5.41, 5.74) is 0.766. The van der Waals surface area contributed by atoms with E-state index in [4.69, 9.17) is 0 Å². The quantitative estimate of drug-likeness (QED) is 0.859. The van der Waals surface area contributed by atoms with Crippen LogP contribution >= 0.6 is 11.8 Å². The predicted octanol–water partition coefficient (Wildman–Crippen LogP) is 1.26. The van der Waals surface area contributed by atoms with Gasteiger partial charge in [0.1, 0.15) is 6.04 Å². The fourth-order valence-electron chi connectivity index (χ4n) is 1.88. The molecule has 0 radical (unpaired) electrons. The molecule has 0 aliphatic carbocycles. The van der Waals surface area contributed by atoms with Crippen molar-refractivity contribution in [3.8, 4) is 0 Å². The number of carboxylic acids is 1. The molecule has 0 saturated carbocycles. The zero-order valence-electron chi connectivity index (χ0n) is 8.87. The van der Waals surface area contributed by atoms with E-state index in [9.17, 15) is 9.90 Å². The summed E-state index contributed by atoms with van der Waals surface area (Å²) in [6.07, 6.45) is 3.30. The molecule has 2 heterocycles. The normalized spacial score (nSPS) is 19.2. The van der Waals surface area contributed by atoms with Gasteiger partial charge in [0.25, 0.3) is 0 Å². The van der Waals surface area contributed by atoms with Crippen molar-refractivity contribution in [1.29, 1.82) is 0 Å². The van der Waals surface area contributed by atoms with E-state index in [1.807, 2.05) is 22.7 Å². The van der Waals surface area contributed by atoms with Crippen molar-refractivity contribution in [3.05, 3.63) is 30.1 Å². The van der Waals surface area contributed by atoms with Gasteiger partial charge in [-0.3, -0.25) is 14.7 Å². The number of thioether (sulfide) groups is 1. The molecule has 1 fully saturated rings. The highest BCUT2D eigenvalue weighted by Gasteiger charge is 2.28. The molecule has 16 heavy (non-hydrogen) atoms. The van der Waals surface area contributed by atoms with E-state index in [1.165, 1.54) is 0 Å². The Morgan fingerprint density at radius 2 is 2.25 bits per heavy atom. The first kappa shape index (κ1) is 11.4. The molecule has 1 aromatic rings. The molecule has 86 valence electrons. The van der Waals surface area contributed by atoms with Crippen LogP contribution in [0.1, 0.15) is 11.6 Å². The van der Waals surface area contributed by atoms with E-state index in [2.05, 4.69) is 4.98 Å². The highest BCUT2D eigenvalue weighted by Crippen LogP contribution is 2.23. The molecule has 1 aliphatic heterocycles. The molecule has 0 spiro atoms. The number of pyridine rings is 1. The van der Waals surface area contributed by atoms with Crippen molar-refractivity contribution in [2.45, 2.75) is 6.04 Å². The number of hydrogen-bond acceptors (Lipinski definition) is 4. The molecular formula is C11H14N2O2S. The van der Waals surface area contributed by atoms with Crippen molar-refractivity contribution >= 4 is 17.7 Å². The van der Waals surface area contributed by atoms with E-state index in [0.29, 0.717) is 0 Å². The average Bonchev–Trinajstić information content (AvgIpc) is 2.31. The molecule has 4 nitrogen and oxygen atoms in total. The van der Waals surface area contributed by atoms with Crippen molar-refractivity contribution < 1.29 is 9.90 Å². The molecule has 1 aromatic heterocycles. The fourth-order valence-corrected chi connectivity index (χ4v) is 2.81. The monoisotopic (exact) mass is 238 g/mol. The lowest BCUT2D eigenvalue weighted by Gasteiger charge is -2.31. The van der Waals surface area contributed by atoms with Crippen molar-refractivity contribution in [2.75, 3.05) is 24.6 Å². The van der Waals surface area contributed by atoms with Gasteiger partial charge in [0.2, 0.25) is 0 Å². The highest BCUT2D eigenvalue weighted by atomic mass is 32.2. The second-order valence-corrected chi connectivity index (χ2v) is 4.90. The number of carboxylic acid groups (broad SMARTS) is 1. The van der Waals surface area contributed by atoms with E-state index in [-0.39, 0.29) is 0 Å². The van der Waals surface area contributed by atoms with Crippen LogP contribution in [0, 0.1) is 0 Å². The van der Waals surface area contributed by atoms with Gasteiger partial charge in [-0.2, -0.15) is 11.8 Å². The van der Waals surface area contributed by atoms with Gasteiger partial charge in [0.15, 0.2) is 0 Å². The molecule has 1 N–H and O–H groups in total. The Morgan fingerprint density at radius 3 is 2.81 bits per heavy atom. The first-order valence-electron chi connectivity index (χ1n) is 5.23. The Labute approximate surface area is 98.7 Å². The first-order valence-corrected chi connectivity index (χ1v) is 6.39. The standard InChI is InChI=1S/C11H14N2O2S/c14-11(15)10(9-2-1-3-12-8-9)13-4-6-16-7-5-13/h1-3,8,10H,4-7H2,(H,14,15). The van der Waals surface area contributed by atoms with Crippen LogP contribution in [-0.2, 0) is 4.79 Å². The number of nitrogens with zero attached hydrogens (tertiary/aromatic N) is 2. The summed E-state index contributed by atoms with van der Waals surface area (Å²) in [5, 5.41) is 9.30. The molecule has 0 amide bonds. The Bertz CT molecular complexity index is 352. The molecule has 5 heteroatoms. The summed E-state index contributed by atoms with van der Waals surface area (Å²) < 4.78 is 0. The van der Waals surface area contributed by atoms with Crippen molar-refractivity contribution in [1.82, 2.24) is 9.88 Å². The molecule has 1 atom stereocenters. The van der Waals surface area contributed by atoms with Crippen LogP contribution in [-0.4, -0.2) is 45.6 Å². The minimum Gasteiger partial charge on any atom is -0.480 e. The van der Waals surface area contributed by atoms with E-state index >= 15 is 0 Å². The van der Waals surface area contributed by atoms with Gasteiger partial charge in [-0.25, -0.2) is 0 Å². The lowest BCUT2D eigenvalue weighted by atomic mass is 10.1. The summed E-state index contributed by atoms with van der Waals surface area (Å²) in [7, 11) is 0. The molecular weight excluding hydrogens is 224 g/mol. The maximum absolute atomic E-state index is 11.3. The maximum atomic E-state index is 11.3. The van der Waals surface area contributed by atoms with Crippen molar-refractivity contribution in [3.63, 3.8) is 0 Å². The SMILES string of the molecule is O=C(O)C(c1cccnc1)N1CCSCC1. The van der Waals surface area contributed by atoms with Crippen LogP contribution in [0.3, 0.4) is 0 Å². The van der Waals surface area contributed by atoms with Gasteiger partial charge >= 0.3 is 5.97 Å². The topological polar surface area (TPSA) is 53.4 Å². The molecule has 1 unspecified atom stereocenters. The second-order valence-electron chi connectivity index (χ2n) is 3.68. The fraction of sp³-hybridized carbons (Fsp3) is 0.455. The zero-order valence-corrected chi connectivity index (χ0v) is 9.69.